The van der Waals surface area contributed by atoms with Crippen molar-refractivity contribution >= 4 is 11.8 Å². The molecule has 4 nitrogen and oxygen atoms in total. The van der Waals surface area contributed by atoms with Gasteiger partial charge in [-0.25, -0.2) is 0 Å². The minimum Gasteiger partial charge on any atom is -0.550 e. The smallest absolute Gasteiger partial charge is 0.163 e. The minimum absolute atomic E-state index is 0.0246. The zero-order valence-electron chi connectivity index (χ0n) is 13.5. The van der Waals surface area contributed by atoms with Gasteiger partial charge in [0.1, 0.15) is 6.54 Å². The van der Waals surface area contributed by atoms with Crippen molar-refractivity contribution in [3.63, 3.8) is 0 Å². The summed E-state index contributed by atoms with van der Waals surface area (Å²) in [4.78, 5) is 23.6. The topological polar surface area (TPSA) is 61.6 Å². The Labute approximate surface area is 136 Å². The first-order chi connectivity index (χ1) is 11.0. The summed E-state index contributed by atoms with van der Waals surface area (Å²) in [6.45, 7) is 0.978. The average Bonchev–Trinajstić information content (AvgIpc) is 2.53. The third-order valence-electron chi connectivity index (χ3n) is 3.61. The quantitative estimate of drug-likeness (QED) is 0.766. The maximum absolute atomic E-state index is 11.9. The van der Waals surface area contributed by atoms with Gasteiger partial charge in [0.15, 0.2) is 5.78 Å². The van der Waals surface area contributed by atoms with Crippen LogP contribution in [0.15, 0.2) is 48.5 Å². The Balaban J connectivity index is 2.07. The maximum atomic E-state index is 11.9. The zero-order chi connectivity index (χ0) is 16.8. The van der Waals surface area contributed by atoms with Gasteiger partial charge in [-0.2, -0.15) is 0 Å². The van der Waals surface area contributed by atoms with Crippen molar-refractivity contribution in [2.24, 2.45) is 0 Å². The van der Waals surface area contributed by atoms with Crippen molar-refractivity contribution in [2.75, 3.05) is 14.1 Å². The van der Waals surface area contributed by atoms with Crippen LogP contribution in [0.1, 0.15) is 28.8 Å². The van der Waals surface area contributed by atoms with Gasteiger partial charge in [0.05, 0.1) is 14.1 Å². The molecule has 0 fully saturated rings. The second-order valence-electron chi connectivity index (χ2n) is 5.95. The fourth-order valence-electron chi connectivity index (χ4n) is 2.43. The largest absolute Gasteiger partial charge is 0.550 e. The number of quaternary nitrogens is 1. The van der Waals surface area contributed by atoms with Crippen molar-refractivity contribution in [2.45, 2.75) is 19.4 Å². The molecule has 0 radical (unpaired) electrons. The standard InChI is InChI=1S/C19H21NO3/c1-20(2)13-14-3-5-15(6-4-14)16-7-9-17(10-8-16)18(21)11-12-19(22)23/h3-10H,11-13H2,1-2H3,(H,22,23). The molecule has 2 aromatic carbocycles. The van der Waals surface area contributed by atoms with E-state index in [0.29, 0.717) is 5.56 Å². The molecule has 4 heteroatoms. The summed E-state index contributed by atoms with van der Waals surface area (Å²) in [5.74, 6) is -1.38. The van der Waals surface area contributed by atoms with Crippen LogP contribution >= 0.6 is 0 Å². The third-order valence-corrected chi connectivity index (χ3v) is 3.61. The predicted octanol–water partition coefficient (Wildman–Crippen LogP) is 0.711. The molecule has 0 atom stereocenters. The Bertz CT molecular complexity index is 673. The first-order valence-corrected chi connectivity index (χ1v) is 7.67. The molecule has 2 rings (SSSR count). The fourth-order valence-corrected chi connectivity index (χ4v) is 2.43. The molecule has 0 spiro atoms. The molecule has 0 aliphatic heterocycles. The molecule has 2 aromatic rings. The number of aliphatic carboxylic acids is 1. The molecule has 120 valence electrons. The van der Waals surface area contributed by atoms with E-state index in [1.807, 2.05) is 12.1 Å². The summed E-state index contributed by atoms with van der Waals surface area (Å²) in [6.07, 6.45) is -0.265. The summed E-state index contributed by atoms with van der Waals surface area (Å²) in [6, 6.07) is 15.6. The first-order valence-electron chi connectivity index (χ1n) is 7.67. The molecule has 0 heterocycles. The van der Waals surface area contributed by atoms with Crippen LogP contribution in [-0.4, -0.2) is 25.8 Å². The van der Waals surface area contributed by atoms with Gasteiger partial charge in [-0.05, 0) is 17.5 Å². The number of carboxylic acids is 1. The lowest BCUT2D eigenvalue weighted by Gasteiger charge is -2.08. The lowest BCUT2D eigenvalue weighted by molar-refractivity contribution is -0.872. The Morgan fingerprint density at radius 2 is 1.39 bits per heavy atom. The number of benzene rings is 2. The van der Waals surface area contributed by atoms with Gasteiger partial charge in [0.2, 0.25) is 0 Å². The summed E-state index contributed by atoms with van der Waals surface area (Å²) in [7, 11) is 4.23. The van der Waals surface area contributed by atoms with E-state index in [2.05, 4.69) is 38.4 Å². The van der Waals surface area contributed by atoms with Gasteiger partial charge in [0.25, 0.3) is 0 Å². The van der Waals surface area contributed by atoms with Crippen LogP contribution in [0.25, 0.3) is 11.1 Å². The normalized spacial score (nSPS) is 10.7. The van der Waals surface area contributed by atoms with Crippen molar-refractivity contribution < 1.29 is 19.6 Å². The number of carbonyl (C=O) groups is 2. The Hall–Kier alpha value is -2.46. The van der Waals surface area contributed by atoms with Crippen molar-refractivity contribution in [3.05, 3.63) is 59.7 Å². The molecule has 1 N–H and O–H groups in total. The van der Waals surface area contributed by atoms with Gasteiger partial charge in [-0.3, -0.25) is 4.79 Å². The van der Waals surface area contributed by atoms with Gasteiger partial charge >= 0.3 is 0 Å². The lowest BCUT2D eigenvalue weighted by atomic mass is 10.00. The van der Waals surface area contributed by atoms with Gasteiger partial charge in [0, 0.05) is 23.5 Å². The van der Waals surface area contributed by atoms with E-state index in [0.717, 1.165) is 17.7 Å². The molecule has 0 aromatic heterocycles. The molecular formula is C19H21NO3. The second kappa shape index (κ2) is 7.70. The number of carbonyl (C=O) groups excluding carboxylic acids is 2. The molecule has 0 unspecified atom stereocenters. The number of rotatable bonds is 7. The van der Waals surface area contributed by atoms with E-state index >= 15 is 0 Å². The molecular weight excluding hydrogens is 290 g/mol. The zero-order valence-corrected chi connectivity index (χ0v) is 13.5. The van der Waals surface area contributed by atoms with Gasteiger partial charge in [-0.1, -0.05) is 48.5 Å². The highest BCUT2D eigenvalue weighted by Gasteiger charge is 2.07. The SMILES string of the molecule is C[NH+](C)Cc1ccc(-c2ccc(C(=O)CCC(=O)[O-])cc2)cc1. The molecule has 0 aliphatic rings. The Morgan fingerprint density at radius 3 is 1.87 bits per heavy atom. The van der Waals surface area contributed by atoms with E-state index in [4.69, 9.17) is 0 Å². The van der Waals surface area contributed by atoms with Crippen molar-refractivity contribution in [1.82, 2.24) is 0 Å². The molecule has 0 saturated heterocycles. The fraction of sp³-hybridized carbons (Fsp3) is 0.263. The Kier molecular flexibility index (Phi) is 5.66. The van der Waals surface area contributed by atoms with Crippen LogP contribution in [0.5, 0.6) is 0 Å². The highest BCUT2D eigenvalue weighted by molar-refractivity contribution is 5.97. The van der Waals surface area contributed by atoms with E-state index in [1.165, 1.54) is 10.5 Å². The summed E-state index contributed by atoms with van der Waals surface area (Å²) >= 11 is 0. The average molecular weight is 311 g/mol. The van der Waals surface area contributed by atoms with E-state index in [1.54, 1.807) is 12.1 Å². The minimum atomic E-state index is -1.20. The lowest BCUT2D eigenvalue weighted by Crippen LogP contribution is -3.04. The molecule has 0 bridgehead atoms. The third kappa shape index (κ3) is 5.04. The first kappa shape index (κ1) is 16.9. The highest BCUT2D eigenvalue weighted by atomic mass is 16.4. The summed E-state index contributed by atoms with van der Waals surface area (Å²) in [5.41, 5.74) is 3.94. The highest BCUT2D eigenvalue weighted by Crippen LogP contribution is 2.21. The van der Waals surface area contributed by atoms with Crippen molar-refractivity contribution in [3.8, 4) is 11.1 Å². The monoisotopic (exact) mass is 311 g/mol. The maximum Gasteiger partial charge on any atom is 0.163 e. The molecule has 0 amide bonds. The number of hydrogen-bond acceptors (Lipinski definition) is 3. The molecule has 23 heavy (non-hydrogen) atoms. The van der Waals surface area contributed by atoms with Crippen LogP contribution in [0.2, 0.25) is 0 Å². The van der Waals surface area contributed by atoms with Crippen LogP contribution in [-0.2, 0) is 11.3 Å². The van der Waals surface area contributed by atoms with E-state index in [-0.39, 0.29) is 18.6 Å². The summed E-state index contributed by atoms with van der Waals surface area (Å²) < 4.78 is 0. The van der Waals surface area contributed by atoms with Crippen LogP contribution in [0.3, 0.4) is 0 Å². The summed E-state index contributed by atoms with van der Waals surface area (Å²) in [5, 5.41) is 10.4. The van der Waals surface area contributed by atoms with Crippen LogP contribution in [0, 0.1) is 0 Å². The van der Waals surface area contributed by atoms with Gasteiger partial charge < -0.3 is 14.8 Å². The molecule has 0 aliphatic carbocycles. The number of hydrogen-bond donors (Lipinski definition) is 1. The van der Waals surface area contributed by atoms with Crippen LogP contribution < -0.4 is 10.0 Å². The predicted molar refractivity (Wildman–Crippen MR) is 87.0 cm³/mol. The van der Waals surface area contributed by atoms with E-state index in [9.17, 15) is 14.7 Å². The number of ketones is 1. The van der Waals surface area contributed by atoms with E-state index < -0.39 is 5.97 Å². The molecule has 0 saturated carbocycles. The Morgan fingerprint density at radius 1 is 0.870 bits per heavy atom. The van der Waals surface area contributed by atoms with Crippen molar-refractivity contribution in [1.29, 1.82) is 0 Å². The number of nitrogens with one attached hydrogen (secondary N) is 1. The van der Waals surface area contributed by atoms with Gasteiger partial charge in [-0.15, -0.1) is 0 Å². The second-order valence-corrected chi connectivity index (χ2v) is 5.95. The van der Waals surface area contributed by atoms with Crippen LogP contribution in [0.4, 0.5) is 0 Å². The number of carboxylic acid groups (broad SMARTS) is 1. The number of Topliss-reactive ketones (excluding diaryl/α,β-unsaturated/α-hetero) is 1.